The third-order valence-electron chi connectivity index (χ3n) is 5.43. The minimum absolute atomic E-state index is 0. The van der Waals surface area contributed by atoms with Crippen LogP contribution in [0.4, 0.5) is 0 Å². The molecule has 1 aromatic carbocycles. The fourth-order valence-electron chi connectivity index (χ4n) is 3.69. The molecule has 2 aliphatic rings. The zero-order valence-corrected chi connectivity index (χ0v) is 20.5. The lowest BCUT2D eigenvalue weighted by molar-refractivity contribution is -0.0320. The molecule has 0 saturated carbocycles. The molecule has 7 nitrogen and oxygen atoms in total. The Morgan fingerprint density at radius 1 is 1.10 bits per heavy atom. The van der Waals surface area contributed by atoms with Crippen LogP contribution < -0.4 is 10.1 Å². The summed E-state index contributed by atoms with van der Waals surface area (Å²) in [5, 5.41) is 3.48. The lowest BCUT2D eigenvalue weighted by atomic mass is 10.1. The Labute approximate surface area is 198 Å². The van der Waals surface area contributed by atoms with Crippen LogP contribution in [0, 0.1) is 0 Å². The first-order chi connectivity index (χ1) is 14.3. The Kier molecular flexibility index (Phi) is 12.4. The van der Waals surface area contributed by atoms with Crippen molar-refractivity contribution in [3.63, 3.8) is 0 Å². The maximum Gasteiger partial charge on any atom is 0.193 e. The van der Waals surface area contributed by atoms with Crippen LogP contribution in [0.1, 0.15) is 19.3 Å². The SMILES string of the molecule is CN=C(NCCCOC1CCOCC1)N1CCN(CCOc2ccccc2)CC1.I. The fraction of sp³-hybridized carbons (Fsp3) is 0.682. The van der Waals surface area contributed by atoms with Gasteiger partial charge in [-0.25, -0.2) is 0 Å². The second kappa shape index (κ2) is 14.8. The van der Waals surface area contributed by atoms with Gasteiger partial charge < -0.3 is 24.4 Å². The predicted molar refractivity (Wildman–Crippen MR) is 131 cm³/mol. The number of benzene rings is 1. The van der Waals surface area contributed by atoms with E-state index in [1.165, 1.54) is 0 Å². The number of nitrogens with zero attached hydrogens (tertiary/aromatic N) is 3. The van der Waals surface area contributed by atoms with Crippen LogP contribution in [0.2, 0.25) is 0 Å². The van der Waals surface area contributed by atoms with E-state index in [4.69, 9.17) is 14.2 Å². The van der Waals surface area contributed by atoms with Crippen molar-refractivity contribution >= 4 is 29.9 Å². The number of hydrogen-bond donors (Lipinski definition) is 1. The molecular formula is C22H37IN4O3. The maximum absolute atomic E-state index is 5.94. The molecule has 0 spiro atoms. The zero-order chi connectivity index (χ0) is 20.2. The zero-order valence-electron chi connectivity index (χ0n) is 18.1. The second-order valence-electron chi connectivity index (χ2n) is 7.50. The number of para-hydroxylation sites is 1. The van der Waals surface area contributed by atoms with Crippen molar-refractivity contribution in [3.05, 3.63) is 30.3 Å². The molecular weight excluding hydrogens is 495 g/mol. The van der Waals surface area contributed by atoms with E-state index < -0.39 is 0 Å². The van der Waals surface area contributed by atoms with Gasteiger partial charge in [0.15, 0.2) is 5.96 Å². The van der Waals surface area contributed by atoms with Crippen LogP contribution >= 0.6 is 24.0 Å². The highest BCUT2D eigenvalue weighted by Crippen LogP contribution is 2.11. The van der Waals surface area contributed by atoms with E-state index in [9.17, 15) is 0 Å². The maximum atomic E-state index is 5.94. The highest BCUT2D eigenvalue weighted by molar-refractivity contribution is 14.0. The number of aliphatic imine (C=N–C) groups is 1. The van der Waals surface area contributed by atoms with Gasteiger partial charge in [0.05, 0.1) is 6.10 Å². The fourth-order valence-corrected chi connectivity index (χ4v) is 3.69. The number of rotatable bonds is 9. The van der Waals surface area contributed by atoms with Crippen LogP contribution in [0.5, 0.6) is 5.75 Å². The molecule has 170 valence electrons. The highest BCUT2D eigenvalue weighted by Gasteiger charge is 2.19. The van der Waals surface area contributed by atoms with Gasteiger partial charge in [0.1, 0.15) is 12.4 Å². The average Bonchev–Trinajstić information content (AvgIpc) is 2.78. The predicted octanol–water partition coefficient (Wildman–Crippen LogP) is 2.46. The molecule has 3 rings (SSSR count). The molecule has 2 aliphatic heterocycles. The Morgan fingerprint density at radius 2 is 1.83 bits per heavy atom. The molecule has 2 heterocycles. The minimum atomic E-state index is 0. The van der Waals surface area contributed by atoms with Gasteiger partial charge in [-0.3, -0.25) is 9.89 Å². The van der Waals surface area contributed by atoms with Crippen LogP contribution in [-0.4, -0.2) is 94.6 Å². The molecule has 1 aromatic rings. The summed E-state index contributed by atoms with van der Waals surface area (Å²) in [5.41, 5.74) is 0. The summed E-state index contributed by atoms with van der Waals surface area (Å²) in [6.07, 6.45) is 3.42. The van der Waals surface area contributed by atoms with Crippen molar-refractivity contribution in [2.24, 2.45) is 4.99 Å². The summed E-state index contributed by atoms with van der Waals surface area (Å²) in [6.45, 7) is 9.08. The standard InChI is InChI=1S/C22H36N4O3.HI/c1-23-22(24-10-5-16-28-21-8-17-27-18-9-21)26-13-11-25(12-14-26)15-19-29-20-6-3-2-4-7-20;/h2-4,6-7,21H,5,8-19H2,1H3,(H,23,24);1H. The molecule has 0 unspecified atom stereocenters. The van der Waals surface area contributed by atoms with Gasteiger partial charge in [0.25, 0.3) is 0 Å². The van der Waals surface area contributed by atoms with E-state index in [2.05, 4.69) is 20.1 Å². The van der Waals surface area contributed by atoms with Gasteiger partial charge in [-0.1, -0.05) is 18.2 Å². The molecule has 0 aliphatic carbocycles. The van der Waals surface area contributed by atoms with Crippen molar-refractivity contribution in [3.8, 4) is 5.75 Å². The summed E-state index contributed by atoms with van der Waals surface area (Å²) in [6, 6.07) is 10.0. The summed E-state index contributed by atoms with van der Waals surface area (Å²) in [4.78, 5) is 9.25. The summed E-state index contributed by atoms with van der Waals surface area (Å²) in [7, 11) is 1.86. The monoisotopic (exact) mass is 532 g/mol. The minimum Gasteiger partial charge on any atom is -0.492 e. The lowest BCUT2D eigenvalue weighted by Gasteiger charge is -2.36. The largest absolute Gasteiger partial charge is 0.492 e. The normalized spacial score (nSPS) is 18.7. The van der Waals surface area contributed by atoms with Crippen molar-refractivity contribution in [2.45, 2.75) is 25.4 Å². The number of guanidine groups is 1. The van der Waals surface area contributed by atoms with Crippen LogP contribution in [0.15, 0.2) is 35.3 Å². The number of piperazine rings is 1. The Hall–Kier alpha value is -1.10. The van der Waals surface area contributed by atoms with Gasteiger partial charge in [-0.05, 0) is 31.4 Å². The van der Waals surface area contributed by atoms with E-state index in [-0.39, 0.29) is 24.0 Å². The molecule has 2 fully saturated rings. The number of hydrogen-bond acceptors (Lipinski definition) is 5. The van der Waals surface area contributed by atoms with Gasteiger partial charge in [-0.2, -0.15) is 0 Å². The topological polar surface area (TPSA) is 58.6 Å². The highest BCUT2D eigenvalue weighted by atomic mass is 127. The van der Waals surface area contributed by atoms with Gasteiger partial charge in [0, 0.05) is 66.1 Å². The molecule has 0 amide bonds. The first-order valence-corrected chi connectivity index (χ1v) is 10.9. The van der Waals surface area contributed by atoms with Crippen molar-refractivity contribution in [2.75, 3.05) is 72.7 Å². The van der Waals surface area contributed by atoms with Crippen LogP contribution in [-0.2, 0) is 9.47 Å². The van der Waals surface area contributed by atoms with Gasteiger partial charge in [0.2, 0.25) is 0 Å². The number of ether oxygens (including phenoxy) is 3. The molecule has 0 atom stereocenters. The van der Waals surface area contributed by atoms with Crippen LogP contribution in [0.25, 0.3) is 0 Å². The molecule has 30 heavy (non-hydrogen) atoms. The quantitative estimate of drug-likeness (QED) is 0.228. The van der Waals surface area contributed by atoms with E-state index >= 15 is 0 Å². The van der Waals surface area contributed by atoms with E-state index in [0.29, 0.717) is 6.10 Å². The summed E-state index contributed by atoms with van der Waals surface area (Å²) >= 11 is 0. The Morgan fingerprint density at radius 3 is 2.53 bits per heavy atom. The number of nitrogens with one attached hydrogen (secondary N) is 1. The molecule has 1 N–H and O–H groups in total. The van der Waals surface area contributed by atoms with Gasteiger partial charge >= 0.3 is 0 Å². The van der Waals surface area contributed by atoms with E-state index in [0.717, 1.165) is 96.7 Å². The lowest BCUT2D eigenvalue weighted by Crippen LogP contribution is -2.53. The first-order valence-electron chi connectivity index (χ1n) is 10.9. The van der Waals surface area contributed by atoms with E-state index in [1.54, 1.807) is 0 Å². The Balaban J connectivity index is 0.00000320. The van der Waals surface area contributed by atoms with Gasteiger partial charge in [-0.15, -0.1) is 24.0 Å². The summed E-state index contributed by atoms with van der Waals surface area (Å²) in [5.74, 6) is 1.94. The third kappa shape index (κ3) is 8.95. The molecule has 2 saturated heterocycles. The molecule has 0 aromatic heterocycles. The van der Waals surface area contributed by atoms with Crippen molar-refractivity contribution in [1.29, 1.82) is 0 Å². The van der Waals surface area contributed by atoms with Crippen molar-refractivity contribution < 1.29 is 14.2 Å². The first kappa shape index (κ1) is 25.2. The molecule has 0 bridgehead atoms. The number of halogens is 1. The average molecular weight is 532 g/mol. The van der Waals surface area contributed by atoms with E-state index in [1.807, 2.05) is 37.4 Å². The third-order valence-corrected chi connectivity index (χ3v) is 5.43. The van der Waals surface area contributed by atoms with Crippen LogP contribution in [0.3, 0.4) is 0 Å². The molecule has 8 heteroatoms. The Bertz CT molecular complexity index is 591. The second-order valence-corrected chi connectivity index (χ2v) is 7.50. The molecule has 0 radical (unpaired) electrons. The smallest absolute Gasteiger partial charge is 0.193 e. The summed E-state index contributed by atoms with van der Waals surface area (Å²) < 4.78 is 17.1. The van der Waals surface area contributed by atoms with Crippen molar-refractivity contribution in [1.82, 2.24) is 15.1 Å².